The maximum absolute atomic E-state index is 8.84. The van der Waals surface area contributed by atoms with Crippen molar-refractivity contribution in [3.05, 3.63) is 53.3 Å². The Morgan fingerprint density at radius 2 is 1.85 bits per heavy atom. The Bertz CT molecular complexity index is 517. The number of hydrogen-bond donors (Lipinski definition) is 2. The van der Waals surface area contributed by atoms with Crippen molar-refractivity contribution < 1.29 is 5.11 Å². The number of aromatic nitrogens is 2. The van der Waals surface area contributed by atoms with Gasteiger partial charge in [-0.1, -0.05) is 38.1 Å². The molecule has 0 fully saturated rings. The Kier molecular flexibility index (Phi) is 5.32. The summed E-state index contributed by atoms with van der Waals surface area (Å²) < 4.78 is 1.76. The second-order valence-corrected chi connectivity index (χ2v) is 5.34. The molecule has 0 amide bonds. The van der Waals surface area contributed by atoms with E-state index in [4.69, 9.17) is 5.11 Å². The fourth-order valence-corrected chi connectivity index (χ4v) is 2.09. The largest absolute Gasteiger partial charge is 0.394 e. The number of aliphatic hydroxyl groups excluding tert-OH is 1. The van der Waals surface area contributed by atoms with Crippen LogP contribution >= 0.6 is 0 Å². The summed E-state index contributed by atoms with van der Waals surface area (Å²) in [5.74, 6) is 0.578. The highest BCUT2D eigenvalue weighted by atomic mass is 16.3. The lowest BCUT2D eigenvalue weighted by atomic mass is 10.0. The van der Waals surface area contributed by atoms with Gasteiger partial charge in [0, 0.05) is 24.8 Å². The fraction of sp³-hybridized carbons (Fsp3) is 0.438. The zero-order valence-corrected chi connectivity index (χ0v) is 12.2. The third-order valence-electron chi connectivity index (χ3n) is 3.32. The van der Waals surface area contributed by atoms with E-state index >= 15 is 0 Å². The molecule has 1 aromatic carbocycles. The van der Waals surface area contributed by atoms with Crippen LogP contribution in [0.1, 0.15) is 36.5 Å². The van der Waals surface area contributed by atoms with Gasteiger partial charge in [-0.2, -0.15) is 5.10 Å². The molecule has 2 rings (SSSR count). The molecule has 4 nitrogen and oxygen atoms in total. The van der Waals surface area contributed by atoms with E-state index in [1.54, 1.807) is 4.68 Å². The van der Waals surface area contributed by atoms with E-state index in [1.807, 2.05) is 12.4 Å². The molecule has 0 bridgehead atoms. The quantitative estimate of drug-likeness (QED) is 0.814. The third-order valence-corrected chi connectivity index (χ3v) is 3.32. The van der Waals surface area contributed by atoms with Gasteiger partial charge in [-0.05, 0) is 17.0 Å². The SMILES string of the molecule is CC(C)c1ccc(CNCc2cnn(CCO)c2)cc1. The van der Waals surface area contributed by atoms with Crippen LogP contribution in [0.3, 0.4) is 0 Å². The number of benzene rings is 1. The average Bonchev–Trinajstić information content (AvgIpc) is 2.87. The molecule has 0 aliphatic rings. The molecule has 108 valence electrons. The van der Waals surface area contributed by atoms with Gasteiger partial charge in [-0.25, -0.2) is 0 Å². The predicted molar refractivity (Wildman–Crippen MR) is 80.4 cm³/mol. The van der Waals surface area contributed by atoms with Gasteiger partial charge in [0.05, 0.1) is 19.3 Å². The molecule has 2 N–H and O–H groups in total. The molecule has 0 aliphatic carbocycles. The zero-order chi connectivity index (χ0) is 14.4. The molecule has 1 heterocycles. The number of hydrogen-bond acceptors (Lipinski definition) is 3. The van der Waals surface area contributed by atoms with E-state index in [2.05, 4.69) is 48.5 Å². The lowest BCUT2D eigenvalue weighted by Gasteiger charge is -2.07. The molecule has 0 spiro atoms. The van der Waals surface area contributed by atoms with Gasteiger partial charge >= 0.3 is 0 Å². The van der Waals surface area contributed by atoms with Crippen LogP contribution in [0.15, 0.2) is 36.7 Å². The van der Waals surface area contributed by atoms with E-state index in [0.717, 1.165) is 18.7 Å². The summed E-state index contributed by atoms with van der Waals surface area (Å²) >= 11 is 0. The molecule has 2 aromatic rings. The molecule has 0 atom stereocenters. The van der Waals surface area contributed by atoms with Crippen molar-refractivity contribution >= 4 is 0 Å². The lowest BCUT2D eigenvalue weighted by Crippen LogP contribution is -2.12. The van der Waals surface area contributed by atoms with Gasteiger partial charge in [0.2, 0.25) is 0 Å². The van der Waals surface area contributed by atoms with E-state index in [-0.39, 0.29) is 6.61 Å². The Morgan fingerprint density at radius 1 is 1.15 bits per heavy atom. The first-order chi connectivity index (χ1) is 9.69. The van der Waals surface area contributed by atoms with Gasteiger partial charge < -0.3 is 10.4 Å². The maximum atomic E-state index is 8.84. The summed E-state index contributed by atoms with van der Waals surface area (Å²) in [5, 5.41) is 16.4. The van der Waals surface area contributed by atoms with Crippen molar-refractivity contribution in [3.8, 4) is 0 Å². The highest BCUT2D eigenvalue weighted by Crippen LogP contribution is 2.14. The first-order valence-electron chi connectivity index (χ1n) is 7.11. The van der Waals surface area contributed by atoms with Crippen LogP contribution in [-0.4, -0.2) is 21.5 Å². The van der Waals surface area contributed by atoms with Gasteiger partial charge in [0.1, 0.15) is 0 Å². The number of nitrogens with zero attached hydrogens (tertiary/aromatic N) is 2. The molecular formula is C16H23N3O. The third kappa shape index (κ3) is 4.18. The molecule has 0 radical (unpaired) electrons. The summed E-state index contributed by atoms with van der Waals surface area (Å²) in [6, 6.07) is 8.75. The topological polar surface area (TPSA) is 50.1 Å². The molecular weight excluding hydrogens is 250 g/mol. The van der Waals surface area contributed by atoms with Crippen LogP contribution in [0, 0.1) is 0 Å². The number of rotatable bonds is 7. The van der Waals surface area contributed by atoms with E-state index in [0.29, 0.717) is 12.5 Å². The maximum Gasteiger partial charge on any atom is 0.0640 e. The van der Waals surface area contributed by atoms with Gasteiger partial charge in [-0.3, -0.25) is 4.68 Å². The number of aliphatic hydroxyl groups is 1. The summed E-state index contributed by atoms with van der Waals surface area (Å²) in [5.41, 5.74) is 3.80. The van der Waals surface area contributed by atoms with Crippen molar-refractivity contribution in [1.82, 2.24) is 15.1 Å². The molecule has 1 aromatic heterocycles. The summed E-state index contributed by atoms with van der Waals surface area (Å²) in [7, 11) is 0. The molecule has 4 heteroatoms. The van der Waals surface area contributed by atoms with Crippen LogP contribution in [-0.2, 0) is 19.6 Å². The van der Waals surface area contributed by atoms with E-state index in [1.165, 1.54) is 11.1 Å². The van der Waals surface area contributed by atoms with Crippen LogP contribution in [0.2, 0.25) is 0 Å². The van der Waals surface area contributed by atoms with Crippen LogP contribution < -0.4 is 5.32 Å². The fourth-order valence-electron chi connectivity index (χ4n) is 2.09. The van der Waals surface area contributed by atoms with Crippen molar-refractivity contribution in [2.45, 2.75) is 39.4 Å². The summed E-state index contributed by atoms with van der Waals surface area (Å²) in [4.78, 5) is 0. The minimum atomic E-state index is 0.122. The highest BCUT2D eigenvalue weighted by molar-refractivity contribution is 5.24. The standard InChI is InChI=1S/C16H23N3O/c1-13(2)16-5-3-14(4-6-16)9-17-10-15-11-18-19(12-15)7-8-20/h3-6,11-13,17,20H,7-10H2,1-2H3. The first-order valence-corrected chi connectivity index (χ1v) is 7.11. The smallest absolute Gasteiger partial charge is 0.0640 e. The van der Waals surface area contributed by atoms with Crippen LogP contribution in [0.4, 0.5) is 0 Å². The second kappa shape index (κ2) is 7.22. The van der Waals surface area contributed by atoms with Crippen LogP contribution in [0.5, 0.6) is 0 Å². The van der Waals surface area contributed by atoms with E-state index in [9.17, 15) is 0 Å². The summed E-state index contributed by atoms with van der Waals surface area (Å²) in [6.07, 6.45) is 3.80. The Labute approximate surface area is 120 Å². The molecule has 0 unspecified atom stereocenters. The molecule has 0 saturated heterocycles. The predicted octanol–water partition coefficient (Wildman–Crippen LogP) is 2.29. The highest BCUT2D eigenvalue weighted by Gasteiger charge is 2.00. The lowest BCUT2D eigenvalue weighted by molar-refractivity contribution is 0.269. The molecule has 0 saturated carbocycles. The van der Waals surface area contributed by atoms with Crippen molar-refractivity contribution in [2.24, 2.45) is 0 Å². The second-order valence-electron chi connectivity index (χ2n) is 5.34. The summed E-state index contributed by atoms with van der Waals surface area (Å²) in [6.45, 7) is 6.73. The van der Waals surface area contributed by atoms with Crippen LogP contribution in [0.25, 0.3) is 0 Å². The van der Waals surface area contributed by atoms with Gasteiger partial charge in [0.25, 0.3) is 0 Å². The first kappa shape index (κ1) is 14.8. The number of nitrogens with one attached hydrogen (secondary N) is 1. The molecule has 20 heavy (non-hydrogen) atoms. The van der Waals surface area contributed by atoms with Gasteiger partial charge in [-0.15, -0.1) is 0 Å². The monoisotopic (exact) mass is 273 g/mol. The average molecular weight is 273 g/mol. The minimum Gasteiger partial charge on any atom is -0.394 e. The Hall–Kier alpha value is -1.65. The Morgan fingerprint density at radius 3 is 2.50 bits per heavy atom. The van der Waals surface area contributed by atoms with Crippen molar-refractivity contribution in [3.63, 3.8) is 0 Å². The van der Waals surface area contributed by atoms with Gasteiger partial charge in [0.15, 0.2) is 0 Å². The molecule has 0 aliphatic heterocycles. The minimum absolute atomic E-state index is 0.122. The van der Waals surface area contributed by atoms with E-state index < -0.39 is 0 Å². The zero-order valence-electron chi connectivity index (χ0n) is 12.2. The van der Waals surface area contributed by atoms with Crippen molar-refractivity contribution in [2.75, 3.05) is 6.61 Å². The van der Waals surface area contributed by atoms with Crippen molar-refractivity contribution in [1.29, 1.82) is 0 Å². The Balaban J connectivity index is 1.79. The normalized spacial score (nSPS) is 11.2.